The first-order chi connectivity index (χ1) is 8.63. The van der Waals surface area contributed by atoms with Crippen molar-refractivity contribution >= 4 is 6.09 Å². The lowest BCUT2D eigenvalue weighted by Crippen LogP contribution is -2.43. The second-order valence-corrected chi connectivity index (χ2v) is 4.79. The summed E-state index contributed by atoms with van der Waals surface area (Å²) in [7, 11) is 0. The second kappa shape index (κ2) is 5.29. The lowest BCUT2D eigenvalue weighted by Gasteiger charge is -2.33. The van der Waals surface area contributed by atoms with E-state index >= 15 is 0 Å². The zero-order chi connectivity index (χ0) is 13.1. The molecule has 1 aromatic rings. The molecule has 0 spiro atoms. The minimum Gasteiger partial charge on any atom is -0.508 e. The van der Waals surface area contributed by atoms with Crippen LogP contribution in [0.4, 0.5) is 4.79 Å². The standard InChI is InChI=1S/C14H19NO3/c1-2-8-15(14(17)18)11-6-7-12-10(9-11)4-3-5-13(12)16/h3-5,11,16H,2,6-9H2,1H3,(H,17,18). The number of benzene rings is 1. The third-order valence-electron chi connectivity index (χ3n) is 3.58. The number of phenols is 1. The summed E-state index contributed by atoms with van der Waals surface area (Å²) in [4.78, 5) is 12.8. The molecule has 1 aliphatic carbocycles. The fourth-order valence-corrected chi connectivity index (χ4v) is 2.71. The predicted molar refractivity (Wildman–Crippen MR) is 68.9 cm³/mol. The van der Waals surface area contributed by atoms with E-state index in [1.165, 1.54) is 4.90 Å². The van der Waals surface area contributed by atoms with Gasteiger partial charge >= 0.3 is 6.09 Å². The Hall–Kier alpha value is -1.71. The van der Waals surface area contributed by atoms with Gasteiger partial charge in [0.1, 0.15) is 5.75 Å². The third-order valence-corrected chi connectivity index (χ3v) is 3.58. The summed E-state index contributed by atoms with van der Waals surface area (Å²) in [6.07, 6.45) is 2.23. The van der Waals surface area contributed by atoms with E-state index < -0.39 is 6.09 Å². The highest BCUT2D eigenvalue weighted by Gasteiger charge is 2.27. The van der Waals surface area contributed by atoms with E-state index in [4.69, 9.17) is 0 Å². The summed E-state index contributed by atoms with van der Waals surface area (Å²) in [5.74, 6) is 0.336. The van der Waals surface area contributed by atoms with Crippen molar-refractivity contribution in [1.29, 1.82) is 0 Å². The van der Waals surface area contributed by atoms with Gasteiger partial charge in [0, 0.05) is 12.6 Å². The Kier molecular flexibility index (Phi) is 3.75. The van der Waals surface area contributed by atoms with Crippen LogP contribution >= 0.6 is 0 Å². The van der Waals surface area contributed by atoms with Crippen molar-refractivity contribution in [2.75, 3.05) is 6.54 Å². The Morgan fingerprint density at radius 1 is 1.50 bits per heavy atom. The Balaban J connectivity index is 2.18. The molecule has 0 saturated carbocycles. The average molecular weight is 249 g/mol. The number of phenolic OH excluding ortho intramolecular Hbond substituents is 1. The van der Waals surface area contributed by atoms with Crippen LogP contribution in [-0.4, -0.2) is 33.8 Å². The van der Waals surface area contributed by atoms with Gasteiger partial charge in [0.25, 0.3) is 0 Å². The molecule has 4 nitrogen and oxygen atoms in total. The van der Waals surface area contributed by atoms with Gasteiger partial charge < -0.3 is 15.1 Å². The number of carboxylic acid groups (broad SMARTS) is 1. The molecule has 1 unspecified atom stereocenters. The first-order valence-electron chi connectivity index (χ1n) is 6.42. The molecule has 1 aliphatic rings. The van der Waals surface area contributed by atoms with Gasteiger partial charge in [-0.3, -0.25) is 0 Å². The predicted octanol–water partition coefficient (Wildman–Crippen LogP) is 2.64. The van der Waals surface area contributed by atoms with Crippen molar-refractivity contribution in [3.05, 3.63) is 29.3 Å². The number of hydrogen-bond donors (Lipinski definition) is 2. The number of carbonyl (C=O) groups is 1. The normalized spacial score (nSPS) is 18.2. The molecule has 4 heteroatoms. The molecular weight excluding hydrogens is 230 g/mol. The highest BCUT2D eigenvalue weighted by Crippen LogP contribution is 2.30. The molecule has 2 N–H and O–H groups in total. The maximum absolute atomic E-state index is 11.2. The zero-order valence-corrected chi connectivity index (χ0v) is 10.6. The molecule has 0 saturated heterocycles. The van der Waals surface area contributed by atoms with E-state index in [0.717, 1.165) is 30.4 Å². The Morgan fingerprint density at radius 3 is 2.94 bits per heavy atom. The van der Waals surface area contributed by atoms with Gasteiger partial charge in [-0.1, -0.05) is 19.1 Å². The summed E-state index contributed by atoms with van der Waals surface area (Å²) in [6.45, 7) is 2.56. The highest BCUT2D eigenvalue weighted by molar-refractivity contribution is 5.65. The highest BCUT2D eigenvalue weighted by atomic mass is 16.4. The molecule has 2 rings (SSSR count). The van der Waals surface area contributed by atoms with Gasteiger partial charge in [0.05, 0.1) is 0 Å². The zero-order valence-electron chi connectivity index (χ0n) is 10.6. The number of amides is 1. The number of nitrogens with zero attached hydrogens (tertiary/aromatic N) is 1. The van der Waals surface area contributed by atoms with Crippen molar-refractivity contribution in [1.82, 2.24) is 4.90 Å². The van der Waals surface area contributed by atoms with Crippen LogP contribution in [0.1, 0.15) is 30.9 Å². The van der Waals surface area contributed by atoms with E-state index in [1.807, 2.05) is 19.1 Å². The van der Waals surface area contributed by atoms with Crippen molar-refractivity contribution in [2.24, 2.45) is 0 Å². The van der Waals surface area contributed by atoms with E-state index in [2.05, 4.69) is 0 Å². The lowest BCUT2D eigenvalue weighted by molar-refractivity contribution is 0.119. The average Bonchev–Trinajstić information content (AvgIpc) is 2.35. The monoisotopic (exact) mass is 249 g/mol. The maximum atomic E-state index is 11.2. The number of fused-ring (bicyclic) bond motifs is 1. The first-order valence-corrected chi connectivity index (χ1v) is 6.42. The molecule has 98 valence electrons. The van der Waals surface area contributed by atoms with Crippen LogP contribution in [0.25, 0.3) is 0 Å². The quantitative estimate of drug-likeness (QED) is 0.865. The van der Waals surface area contributed by atoms with Gasteiger partial charge in [0.15, 0.2) is 0 Å². The van der Waals surface area contributed by atoms with Crippen LogP contribution in [-0.2, 0) is 12.8 Å². The molecule has 18 heavy (non-hydrogen) atoms. The Bertz CT molecular complexity index is 445. The number of rotatable bonds is 3. The minimum absolute atomic E-state index is 0.0387. The third kappa shape index (κ3) is 2.42. The fraction of sp³-hybridized carbons (Fsp3) is 0.500. The van der Waals surface area contributed by atoms with Crippen molar-refractivity contribution in [3.8, 4) is 5.75 Å². The van der Waals surface area contributed by atoms with Crippen molar-refractivity contribution in [2.45, 2.75) is 38.6 Å². The molecule has 0 heterocycles. The summed E-state index contributed by atoms with van der Waals surface area (Å²) in [5.41, 5.74) is 2.06. The molecule has 0 radical (unpaired) electrons. The van der Waals surface area contributed by atoms with Crippen LogP contribution in [0.2, 0.25) is 0 Å². The van der Waals surface area contributed by atoms with Crippen LogP contribution in [0.15, 0.2) is 18.2 Å². The Morgan fingerprint density at radius 2 is 2.28 bits per heavy atom. The van der Waals surface area contributed by atoms with E-state index in [0.29, 0.717) is 18.7 Å². The molecule has 1 amide bonds. The lowest BCUT2D eigenvalue weighted by atomic mass is 9.87. The molecule has 0 aliphatic heterocycles. The molecule has 0 aromatic heterocycles. The van der Waals surface area contributed by atoms with E-state index in [9.17, 15) is 15.0 Å². The second-order valence-electron chi connectivity index (χ2n) is 4.79. The maximum Gasteiger partial charge on any atom is 0.407 e. The summed E-state index contributed by atoms with van der Waals surface area (Å²) >= 11 is 0. The van der Waals surface area contributed by atoms with Crippen molar-refractivity contribution < 1.29 is 15.0 Å². The molecule has 0 bridgehead atoms. The van der Waals surface area contributed by atoms with Gasteiger partial charge in [-0.25, -0.2) is 4.79 Å². The van der Waals surface area contributed by atoms with Gasteiger partial charge in [-0.15, -0.1) is 0 Å². The van der Waals surface area contributed by atoms with E-state index in [1.54, 1.807) is 6.07 Å². The van der Waals surface area contributed by atoms with Crippen LogP contribution < -0.4 is 0 Å². The summed E-state index contributed by atoms with van der Waals surface area (Å²) < 4.78 is 0. The topological polar surface area (TPSA) is 60.8 Å². The van der Waals surface area contributed by atoms with Crippen LogP contribution in [0.3, 0.4) is 0 Å². The molecule has 1 aromatic carbocycles. The SMILES string of the molecule is CCCN(C(=O)O)C1CCc2c(O)cccc2C1. The first kappa shape index (κ1) is 12.7. The van der Waals surface area contributed by atoms with E-state index in [-0.39, 0.29) is 6.04 Å². The number of aromatic hydroxyl groups is 1. The van der Waals surface area contributed by atoms with Gasteiger partial charge in [-0.2, -0.15) is 0 Å². The Labute approximate surface area is 107 Å². The summed E-state index contributed by atoms with van der Waals surface area (Å²) in [6, 6.07) is 5.53. The van der Waals surface area contributed by atoms with Crippen LogP contribution in [0.5, 0.6) is 5.75 Å². The molecular formula is C14H19NO3. The number of hydrogen-bond acceptors (Lipinski definition) is 2. The fourth-order valence-electron chi connectivity index (χ4n) is 2.71. The van der Waals surface area contributed by atoms with Gasteiger partial charge in [-0.05, 0) is 42.9 Å². The largest absolute Gasteiger partial charge is 0.508 e. The van der Waals surface area contributed by atoms with Crippen molar-refractivity contribution in [3.63, 3.8) is 0 Å². The smallest absolute Gasteiger partial charge is 0.407 e. The molecule has 0 fully saturated rings. The van der Waals surface area contributed by atoms with Gasteiger partial charge in [0.2, 0.25) is 0 Å². The summed E-state index contributed by atoms with van der Waals surface area (Å²) in [5, 5.41) is 19.0. The minimum atomic E-state index is -0.842. The molecule has 1 atom stereocenters. The van der Waals surface area contributed by atoms with Crippen LogP contribution in [0, 0.1) is 0 Å².